The Morgan fingerprint density at radius 1 is 1.12 bits per heavy atom. The van der Waals surface area contributed by atoms with E-state index in [-0.39, 0.29) is 12.5 Å². The minimum absolute atomic E-state index is 0.235. The number of aromatic nitrogens is 2. The minimum atomic E-state index is 0.235. The normalized spacial score (nSPS) is 22.2. The second kappa shape index (κ2) is 9.10. The Bertz CT molecular complexity index is 532. The molecule has 1 aromatic rings. The average Bonchev–Trinajstić information content (AvgIpc) is 2.68. The summed E-state index contributed by atoms with van der Waals surface area (Å²) in [7, 11) is 0. The van der Waals surface area contributed by atoms with E-state index in [1.807, 2.05) is 11.0 Å². The number of piperazine rings is 1. The maximum absolute atomic E-state index is 12.5. The highest BCUT2D eigenvalue weighted by Crippen LogP contribution is 2.20. The predicted octanol–water partition coefficient (Wildman–Crippen LogP) is 0.752. The van der Waals surface area contributed by atoms with Gasteiger partial charge in [-0.15, -0.1) is 0 Å². The SMILES string of the molecule is O=C(CCN1CCCCC1CCO)N1CCN(c2ncccn2)CC1. The van der Waals surface area contributed by atoms with Crippen molar-refractivity contribution >= 4 is 11.9 Å². The molecule has 3 rings (SSSR count). The van der Waals surface area contributed by atoms with Gasteiger partial charge in [-0.05, 0) is 31.9 Å². The van der Waals surface area contributed by atoms with Crippen LogP contribution < -0.4 is 4.90 Å². The van der Waals surface area contributed by atoms with Gasteiger partial charge in [-0.1, -0.05) is 6.42 Å². The molecule has 0 aromatic carbocycles. The van der Waals surface area contributed by atoms with Crippen LogP contribution in [0.25, 0.3) is 0 Å². The summed E-state index contributed by atoms with van der Waals surface area (Å²) in [6.07, 6.45) is 8.48. The van der Waals surface area contributed by atoms with Crippen molar-refractivity contribution in [3.63, 3.8) is 0 Å². The third-order valence-corrected chi connectivity index (χ3v) is 5.29. The summed E-state index contributed by atoms with van der Waals surface area (Å²) in [5, 5.41) is 9.22. The number of hydrogen-bond acceptors (Lipinski definition) is 6. The van der Waals surface area contributed by atoms with Crippen LogP contribution in [0, 0.1) is 0 Å². The monoisotopic (exact) mass is 347 g/mol. The van der Waals surface area contributed by atoms with Gasteiger partial charge in [-0.3, -0.25) is 9.69 Å². The minimum Gasteiger partial charge on any atom is -0.396 e. The summed E-state index contributed by atoms with van der Waals surface area (Å²) in [6.45, 7) is 5.13. The molecule has 138 valence electrons. The lowest BCUT2D eigenvalue weighted by Gasteiger charge is -2.37. The molecule has 1 unspecified atom stereocenters. The zero-order valence-electron chi connectivity index (χ0n) is 14.9. The highest BCUT2D eigenvalue weighted by atomic mass is 16.3. The molecule has 2 aliphatic rings. The third kappa shape index (κ3) is 4.89. The summed E-state index contributed by atoms with van der Waals surface area (Å²) in [5.41, 5.74) is 0. The van der Waals surface area contributed by atoms with E-state index in [1.54, 1.807) is 12.4 Å². The Kier molecular flexibility index (Phi) is 6.58. The van der Waals surface area contributed by atoms with Crippen molar-refractivity contribution in [2.75, 3.05) is 50.8 Å². The summed E-state index contributed by atoms with van der Waals surface area (Å²) in [4.78, 5) is 27.6. The van der Waals surface area contributed by atoms with E-state index in [2.05, 4.69) is 19.8 Å². The van der Waals surface area contributed by atoms with Crippen molar-refractivity contribution in [1.82, 2.24) is 19.8 Å². The molecule has 3 heterocycles. The van der Waals surface area contributed by atoms with Crippen molar-refractivity contribution in [1.29, 1.82) is 0 Å². The first-order chi connectivity index (χ1) is 12.3. The van der Waals surface area contributed by atoms with Gasteiger partial charge in [0, 0.05) is 64.2 Å². The lowest BCUT2D eigenvalue weighted by Crippen LogP contribution is -2.50. The Morgan fingerprint density at radius 2 is 1.88 bits per heavy atom. The lowest BCUT2D eigenvalue weighted by molar-refractivity contribution is -0.132. The van der Waals surface area contributed by atoms with Crippen LogP contribution in [0.4, 0.5) is 5.95 Å². The van der Waals surface area contributed by atoms with Gasteiger partial charge in [0.2, 0.25) is 11.9 Å². The first kappa shape index (κ1) is 18.1. The van der Waals surface area contributed by atoms with Gasteiger partial charge in [-0.2, -0.15) is 0 Å². The Balaban J connectivity index is 1.43. The number of aliphatic hydroxyl groups is 1. The van der Waals surface area contributed by atoms with Gasteiger partial charge < -0.3 is 14.9 Å². The fourth-order valence-corrected chi connectivity index (χ4v) is 3.84. The number of piperidine rings is 1. The van der Waals surface area contributed by atoms with Crippen molar-refractivity contribution in [2.45, 2.75) is 38.1 Å². The molecule has 1 atom stereocenters. The molecule has 7 heteroatoms. The van der Waals surface area contributed by atoms with Gasteiger partial charge >= 0.3 is 0 Å². The smallest absolute Gasteiger partial charge is 0.225 e. The number of nitrogens with zero attached hydrogens (tertiary/aromatic N) is 5. The largest absolute Gasteiger partial charge is 0.396 e. The zero-order chi connectivity index (χ0) is 17.5. The van der Waals surface area contributed by atoms with Crippen LogP contribution in [-0.2, 0) is 4.79 Å². The average molecular weight is 347 g/mol. The fraction of sp³-hybridized carbons (Fsp3) is 0.722. The summed E-state index contributed by atoms with van der Waals surface area (Å²) in [6, 6.07) is 2.26. The Morgan fingerprint density at radius 3 is 2.60 bits per heavy atom. The summed E-state index contributed by atoms with van der Waals surface area (Å²) in [5.74, 6) is 0.983. The highest BCUT2D eigenvalue weighted by Gasteiger charge is 2.25. The standard InChI is InChI=1S/C18H29N5O2/c24-15-6-16-4-1-2-9-21(16)10-5-17(25)22-11-13-23(14-12-22)18-19-7-3-8-20-18/h3,7-8,16,24H,1-2,4-6,9-15H2. The van der Waals surface area contributed by atoms with E-state index < -0.39 is 0 Å². The molecular formula is C18H29N5O2. The van der Waals surface area contributed by atoms with E-state index in [9.17, 15) is 9.90 Å². The number of rotatable bonds is 6. The number of amides is 1. The van der Waals surface area contributed by atoms with Crippen LogP contribution in [-0.4, -0.2) is 82.7 Å². The van der Waals surface area contributed by atoms with Crippen molar-refractivity contribution in [3.8, 4) is 0 Å². The molecule has 0 aliphatic carbocycles. The quantitative estimate of drug-likeness (QED) is 0.819. The predicted molar refractivity (Wildman–Crippen MR) is 96.4 cm³/mol. The molecule has 2 fully saturated rings. The third-order valence-electron chi connectivity index (χ3n) is 5.29. The number of carbonyl (C=O) groups is 1. The second-order valence-electron chi connectivity index (χ2n) is 6.86. The van der Waals surface area contributed by atoms with E-state index in [4.69, 9.17) is 0 Å². The fourth-order valence-electron chi connectivity index (χ4n) is 3.84. The van der Waals surface area contributed by atoms with Gasteiger partial charge in [0.05, 0.1) is 0 Å². The Hall–Kier alpha value is -1.73. The molecule has 0 bridgehead atoms. The molecule has 0 spiro atoms. The van der Waals surface area contributed by atoms with Gasteiger partial charge in [0.1, 0.15) is 0 Å². The van der Waals surface area contributed by atoms with Crippen LogP contribution in [0.2, 0.25) is 0 Å². The van der Waals surface area contributed by atoms with E-state index in [1.165, 1.54) is 12.8 Å². The molecule has 1 N–H and O–H groups in total. The van der Waals surface area contributed by atoms with Crippen molar-refractivity contribution in [2.24, 2.45) is 0 Å². The molecule has 1 aromatic heterocycles. The number of aliphatic hydroxyl groups excluding tert-OH is 1. The van der Waals surface area contributed by atoms with E-state index in [0.29, 0.717) is 12.5 Å². The van der Waals surface area contributed by atoms with Gasteiger partial charge in [0.15, 0.2) is 0 Å². The highest BCUT2D eigenvalue weighted by molar-refractivity contribution is 5.76. The van der Waals surface area contributed by atoms with Gasteiger partial charge in [-0.25, -0.2) is 9.97 Å². The van der Waals surface area contributed by atoms with E-state index >= 15 is 0 Å². The zero-order valence-corrected chi connectivity index (χ0v) is 14.9. The van der Waals surface area contributed by atoms with Crippen LogP contribution in [0.1, 0.15) is 32.1 Å². The summed E-state index contributed by atoms with van der Waals surface area (Å²) >= 11 is 0. The van der Waals surface area contributed by atoms with E-state index in [0.717, 1.165) is 58.1 Å². The molecule has 1 amide bonds. The van der Waals surface area contributed by atoms with Crippen LogP contribution in [0.3, 0.4) is 0 Å². The second-order valence-corrected chi connectivity index (χ2v) is 6.86. The first-order valence-electron chi connectivity index (χ1n) is 9.42. The van der Waals surface area contributed by atoms with Crippen LogP contribution >= 0.6 is 0 Å². The Labute approximate surface area is 149 Å². The lowest BCUT2D eigenvalue weighted by atomic mass is 9.99. The summed E-state index contributed by atoms with van der Waals surface area (Å²) < 4.78 is 0. The first-order valence-corrected chi connectivity index (χ1v) is 9.42. The number of anilines is 1. The number of likely N-dealkylation sites (tertiary alicyclic amines) is 1. The molecular weight excluding hydrogens is 318 g/mol. The molecule has 7 nitrogen and oxygen atoms in total. The molecule has 0 radical (unpaired) electrons. The molecule has 25 heavy (non-hydrogen) atoms. The van der Waals surface area contributed by atoms with Gasteiger partial charge in [0.25, 0.3) is 0 Å². The number of carbonyl (C=O) groups excluding carboxylic acids is 1. The van der Waals surface area contributed by atoms with Crippen LogP contribution in [0.15, 0.2) is 18.5 Å². The maximum Gasteiger partial charge on any atom is 0.225 e. The molecule has 2 saturated heterocycles. The molecule has 2 aliphatic heterocycles. The van der Waals surface area contributed by atoms with Crippen molar-refractivity contribution in [3.05, 3.63) is 18.5 Å². The van der Waals surface area contributed by atoms with Crippen LogP contribution in [0.5, 0.6) is 0 Å². The maximum atomic E-state index is 12.5. The van der Waals surface area contributed by atoms with Crippen molar-refractivity contribution < 1.29 is 9.90 Å². The molecule has 0 saturated carbocycles. The topological polar surface area (TPSA) is 72.8 Å². The number of hydrogen-bond donors (Lipinski definition) is 1.